The Hall–Kier alpha value is 57.4. The van der Waals surface area contributed by atoms with Crippen molar-refractivity contribution in [2.24, 2.45) is 0 Å². The molecule has 0 aliphatic rings. The first-order valence-corrected chi connectivity index (χ1v) is 0. The minimum atomic E-state index is 0. The maximum Gasteiger partial charge on any atom is 1.00 e. The molecule has 0 spiro atoms. The molecule has 0 aromatic heterocycles. The van der Waals surface area contributed by atoms with Crippen LogP contribution in [0.2, 0.25) is 0 Å². The van der Waals surface area contributed by atoms with E-state index in [2.05, 4.69) is 0 Å². The smallest absolute Gasteiger partial charge is 1.00 e. The fraction of sp³-hybridized carbons (Fsp3) is 0. The largest absolute Gasteiger partial charge is 1.00 e. The fourth-order valence-corrected chi connectivity index (χ4v) is 0. The van der Waals surface area contributed by atoms with Gasteiger partial charge in [0.15, 0.2) is 0 Å². The Kier molecular flexibility index (Phi) is 13400. The molecule has 0 saturated heterocycles. The van der Waals surface area contributed by atoms with E-state index in [1.807, 2.05) is 0 Å². The summed E-state index contributed by atoms with van der Waals surface area (Å²) in [5.74, 6) is 0. The second kappa shape index (κ2) is 1150. The first kappa shape index (κ1) is 1170. The monoisotopic (exact) mass is 3040 g/mol. The topological polar surface area (TPSA) is 0 Å². The van der Waals surface area contributed by atoms with Gasteiger partial charge in [-0.3, -0.25) is 0 Å². The van der Waals surface area contributed by atoms with Crippen LogP contribution < -0.4 is 1680 Å². The molecule has 0 nitrogen and oxygen atoms in total. The summed E-state index contributed by atoms with van der Waals surface area (Å²) in [6.07, 6.45) is 0. The SMILES string of the molecule is Cl.Cl.Cl.Cl.Cl.Cl.Cl.Cl.Cl.Cl.Cl.Cl.Cl.Cl.Cl.Cl.Cl.Cl.Cl.Cl.[Cl-].[Cl-].[Cl-].[Cl-].[Cl-].[Cl-].[Cl-].[Cl-].[Cl-].[Cl-].[Cl-].[Cl-].[Cl-].[Cl-].[Cl-].[Cl-].[Cl-].[Cl-].[Cl-].[Cl-].[Cl-].[Cl-].[Cl-].[Cl-].[Cl-].[Cl-].[Cl-].[Cl-].[Cl-].[Cl-].[Cl-].[Cl-].[Cl-].[Cl-].[Cl-].[Cl-].[Cl-].[Cl-].[Cl-].[Cl-].[Na+].[Na+].[Na+].[Na+].[Na+].[Na+].[Na+].[Na+].[Na+].[Na+].[Na+].[Na+].[Na+].[Na+].[Na+].[Na+].[Na+].[Na+].[Na+].[Na+].[Na+].[Na+].[Na+].[Na+].[Na+].[Na+].[Na+].[Na+].[Na+].[Na+].[Na+].[Na+].[Na+].[Na+].[Na+].[Na+].[Na+].[Na+].[Na+].[Na+]. The normalized spacial score (nSPS) is 0. The molecule has 0 amide bonds. The average molecular weight is 3070 g/mol. The zero-order valence-electron chi connectivity index (χ0n) is 63.3. The van der Waals surface area contributed by atoms with Gasteiger partial charge in [0.25, 0.3) is 0 Å². The minimum absolute atomic E-state index is 0. The van der Waals surface area contributed by atoms with Crippen molar-refractivity contribution in [2.75, 3.05) is 0 Å². The average Bonchev–Trinajstić information content (AvgIpc) is 0. The molecule has 0 aliphatic heterocycles. The summed E-state index contributed by atoms with van der Waals surface area (Å²) in [7, 11) is 0. The first-order valence-electron chi connectivity index (χ1n) is 0. The molecule has 0 heterocycles. The molecule has 0 aliphatic carbocycles. The van der Waals surface area contributed by atoms with Crippen molar-refractivity contribution in [2.45, 2.75) is 0 Å². The van der Waals surface area contributed by atoms with Gasteiger partial charge in [-0.05, 0) is 0 Å². The van der Waals surface area contributed by atoms with Crippen LogP contribution in [0.1, 0.15) is 0 Å². The first-order chi connectivity index (χ1) is 0. The van der Waals surface area contributed by atoms with Crippen molar-refractivity contribution in [3.05, 3.63) is 0 Å². The summed E-state index contributed by atoms with van der Waals surface area (Å²) in [6.45, 7) is 0. The number of hydrogen-bond acceptors (Lipinski definition) is 0. The minimum Gasteiger partial charge on any atom is -1.00 e. The zero-order chi connectivity index (χ0) is 0. The third kappa shape index (κ3) is 1120. The molecule has 100 heavy (non-hydrogen) atoms. The molecule has 480 valence electrons. The van der Waals surface area contributed by atoms with Crippen molar-refractivity contribution in [1.29, 1.82) is 0 Å². The van der Waals surface area contributed by atoms with Crippen molar-refractivity contribution >= 4 is 248 Å². The number of rotatable bonds is 0. The van der Waals surface area contributed by atoms with Crippen LogP contribution in [-0.4, -0.2) is 0 Å². The Labute approximate surface area is 1870 Å². The van der Waals surface area contributed by atoms with Crippen LogP contribution in [0, 0.1) is 0 Å². The molecule has 0 atom stereocenters. The van der Waals surface area contributed by atoms with E-state index in [4.69, 9.17) is 0 Å². The van der Waals surface area contributed by atoms with E-state index in [0.29, 0.717) is 0 Å². The summed E-state index contributed by atoms with van der Waals surface area (Å²) in [6, 6.07) is 0. The van der Waals surface area contributed by atoms with Crippen LogP contribution in [0.3, 0.4) is 0 Å². The summed E-state index contributed by atoms with van der Waals surface area (Å²) in [4.78, 5) is 0. The molecule has 100 heteroatoms. The van der Waals surface area contributed by atoms with Crippen molar-refractivity contribution in [3.63, 3.8) is 0 Å². The van der Waals surface area contributed by atoms with Gasteiger partial charge in [-0.15, -0.1) is 248 Å². The van der Waals surface area contributed by atoms with E-state index in [1.54, 1.807) is 0 Å². The van der Waals surface area contributed by atoms with Crippen molar-refractivity contribution in [1.82, 2.24) is 0 Å². The Balaban J connectivity index is 0. The second-order valence-electron chi connectivity index (χ2n) is 0. The van der Waals surface area contributed by atoms with E-state index >= 15 is 0 Å². The van der Waals surface area contributed by atoms with E-state index in [0.717, 1.165) is 0 Å². The Morgan fingerprint density at radius 3 is 0.0300 bits per heavy atom. The van der Waals surface area contributed by atoms with E-state index in [9.17, 15) is 0 Å². The molecule has 0 saturated carbocycles. The summed E-state index contributed by atoms with van der Waals surface area (Å²) in [5.41, 5.74) is 0. The quantitative estimate of drug-likeness (QED) is 0.212. The van der Waals surface area contributed by atoms with Crippen LogP contribution in [-0.2, 0) is 0 Å². The third-order valence-corrected chi connectivity index (χ3v) is 0. The molecule has 0 aromatic carbocycles. The predicted octanol–water partition coefficient (Wildman–Crippen LogP) is -231. The summed E-state index contributed by atoms with van der Waals surface area (Å²) in [5, 5.41) is 0. The molecule has 0 unspecified atom stereocenters. The van der Waals surface area contributed by atoms with Crippen LogP contribution in [0.25, 0.3) is 0 Å². The molecular weight excluding hydrogens is 3050 g/mol. The molecule has 0 bridgehead atoms. The molecule has 0 aromatic rings. The molecule has 0 N–H and O–H groups in total. The van der Waals surface area contributed by atoms with Crippen LogP contribution in [0.4, 0.5) is 0 Å². The zero-order valence-corrected chi connectivity index (χ0v) is 190. The number of halogens is 60. The van der Waals surface area contributed by atoms with E-state index < -0.39 is 0 Å². The molecule has 0 radical (unpaired) electrons. The maximum absolute atomic E-state index is 0. The summed E-state index contributed by atoms with van der Waals surface area (Å²) >= 11 is 0. The Morgan fingerprint density at radius 2 is 0.0300 bits per heavy atom. The van der Waals surface area contributed by atoms with Gasteiger partial charge >= 0.3 is 1180 Å². The Bertz CT molecular complexity index is 97.1. The van der Waals surface area contributed by atoms with Gasteiger partial charge in [-0.25, -0.2) is 0 Å². The fourth-order valence-electron chi connectivity index (χ4n) is 0. The maximum atomic E-state index is 0. The third-order valence-electron chi connectivity index (χ3n) is 0. The van der Waals surface area contributed by atoms with Gasteiger partial charge in [0.1, 0.15) is 0 Å². The standard InChI is InChI=1S/60ClH.40Na/h60*1H;;;;;;;;;;;;;;;;;;;;;;;;;;;;;;;;;;;;;;;;/q;;;;;;;;;;;;;;;;;;;;;;;;;;;;;;;;;;;;;;;;;;;;;;;;;;;;;;;;;;;;40*+1/p-40. The molecule has 0 rings (SSSR count). The molecule has 0 fully saturated rings. The Morgan fingerprint density at radius 1 is 0.0300 bits per heavy atom. The van der Waals surface area contributed by atoms with Gasteiger partial charge in [0, 0.05) is 0 Å². The van der Waals surface area contributed by atoms with E-state index in [-0.39, 0.29) is 1930 Å². The van der Waals surface area contributed by atoms with Crippen LogP contribution >= 0.6 is 248 Å². The predicted molar refractivity (Wildman–Crippen MR) is 145 cm³/mol. The van der Waals surface area contributed by atoms with E-state index in [1.165, 1.54) is 0 Å². The number of hydrogen-bond donors (Lipinski definition) is 0. The van der Waals surface area contributed by atoms with Crippen molar-refractivity contribution < 1.29 is 1680 Å². The van der Waals surface area contributed by atoms with Crippen molar-refractivity contribution in [3.8, 4) is 0 Å². The van der Waals surface area contributed by atoms with Gasteiger partial charge < -0.3 is 496 Å². The van der Waals surface area contributed by atoms with Gasteiger partial charge in [-0.1, -0.05) is 0 Å². The van der Waals surface area contributed by atoms with Gasteiger partial charge in [-0.2, -0.15) is 0 Å². The van der Waals surface area contributed by atoms with Gasteiger partial charge in [0.05, 0.1) is 0 Å². The molecular formula is H20Cl60Na40. The summed E-state index contributed by atoms with van der Waals surface area (Å²) < 4.78 is 0. The second-order valence-corrected chi connectivity index (χ2v) is 0. The van der Waals surface area contributed by atoms with Crippen LogP contribution in [0.5, 0.6) is 0 Å². The van der Waals surface area contributed by atoms with Gasteiger partial charge in [0.2, 0.25) is 0 Å². The van der Waals surface area contributed by atoms with Crippen LogP contribution in [0.15, 0.2) is 0 Å².